The van der Waals surface area contributed by atoms with Crippen molar-refractivity contribution in [1.82, 2.24) is 0 Å². The second-order valence-electron chi connectivity index (χ2n) is 2.47. The molecule has 3 heteroatoms. The first-order chi connectivity index (χ1) is 5.11. The molecule has 0 aliphatic heterocycles. The quantitative estimate of drug-likeness (QED) is 0.719. The van der Waals surface area contributed by atoms with Crippen molar-refractivity contribution < 1.29 is 10.2 Å². The number of halogens is 1. The molecule has 0 rings (SSSR count). The lowest BCUT2D eigenvalue weighted by molar-refractivity contribution is 0.171. The van der Waals surface area contributed by atoms with E-state index in [1.165, 1.54) is 0 Å². The molecule has 0 aliphatic carbocycles. The van der Waals surface area contributed by atoms with Gasteiger partial charge in [-0.2, -0.15) is 0 Å². The van der Waals surface area contributed by atoms with E-state index in [0.717, 1.165) is 0 Å². The highest BCUT2D eigenvalue weighted by atomic mass is 79.9. The molecule has 1 atom stereocenters. The highest BCUT2D eigenvalue weighted by Crippen LogP contribution is 2.19. The van der Waals surface area contributed by atoms with Gasteiger partial charge in [0.25, 0.3) is 0 Å². The molecule has 0 aliphatic rings. The third kappa shape index (κ3) is 4.43. The molecule has 11 heavy (non-hydrogen) atoms. The van der Waals surface area contributed by atoms with Gasteiger partial charge in [0.2, 0.25) is 0 Å². The van der Waals surface area contributed by atoms with E-state index in [4.69, 9.17) is 0 Å². The van der Waals surface area contributed by atoms with Crippen molar-refractivity contribution in [3.63, 3.8) is 0 Å². The van der Waals surface area contributed by atoms with Gasteiger partial charge in [-0.3, -0.25) is 0 Å². The molecule has 2 nitrogen and oxygen atoms in total. The van der Waals surface area contributed by atoms with E-state index < -0.39 is 0 Å². The summed E-state index contributed by atoms with van der Waals surface area (Å²) in [4.78, 5) is 0. The van der Waals surface area contributed by atoms with E-state index in [-0.39, 0.29) is 6.10 Å². The molecule has 1 unspecified atom stereocenters. The molecule has 0 saturated carbocycles. The van der Waals surface area contributed by atoms with Gasteiger partial charge in [0.15, 0.2) is 0 Å². The Balaban J connectivity index is 3.94. The fourth-order valence-corrected chi connectivity index (χ4v) is 1.31. The van der Waals surface area contributed by atoms with Gasteiger partial charge in [-0.05, 0) is 6.42 Å². The zero-order chi connectivity index (χ0) is 8.85. The Kier molecular flexibility index (Phi) is 5.60. The molecule has 2 N–H and O–H groups in total. The number of hydrogen-bond donors (Lipinski definition) is 2. The summed E-state index contributed by atoms with van der Waals surface area (Å²) in [6.07, 6.45) is 1.48. The molecule has 0 saturated heterocycles. The lowest BCUT2D eigenvalue weighted by atomic mass is 10.2. The monoisotopic (exact) mass is 222 g/mol. The average Bonchev–Trinajstić information content (AvgIpc) is 2.02. The summed E-state index contributed by atoms with van der Waals surface area (Å²) in [5.74, 6) is 0.331. The highest BCUT2D eigenvalue weighted by molar-refractivity contribution is 9.11. The molecular weight excluding hydrogens is 208 g/mol. The lowest BCUT2D eigenvalue weighted by Gasteiger charge is -2.07. The van der Waals surface area contributed by atoms with E-state index in [1.54, 1.807) is 0 Å². The molecule has 0 spiro atoms. The van der Waals surface area contributed by atoms with Gasteiger partial charge in [0.1, 0.15) is 5.76 Å². The summed E-state index contributed by atoms with van der Waals surface area (Å²) in [5.41, 5.74) is 0. The van der Waals surface area contributed by atoms with E-state index in [0.29, 0.717) is 29.5 Å². The summed E-state index contributed by atoms with van der Waals surface area (Å²) in [5, 5.41) is 18.4. The van der Waals surface area contributed by atoms with Crippen LogP contribution < -0.4 is 0 Å². The van der Waals surface area contributed by atoms with Crippen molar-refractivity contribution in [1.29, 1.82) is 0 Å². The Labute approximate surface area is 76.1 Å². The van der Waals surface area contributed by atoms with Crippen molar-refractivity contribution >= 4 is 15.9 Å². The largest absolute Gasteiger partial charge is 0.511 e. The van der Waals surface area contributed by atoms with Gasteiger partial charge < -0.3 is 10.2 Å². The van der Waals surface area contributed by atoms with E-state index >= 15 is 0 Å². The topological polar surface area (TPSA) is 40.5 Å². The van der Waals surface area contributed by atoms with Crippen molar-refractivity contribution in [2.24, 2.45) is 0 Å². The summed E-state index contributed by atoms with van der Waals surface area (Å²) in [6, 6.07) is 0. The first-order valence-electron chi connectivity index (χ1n) is 3.86. The van der Waals surface area contributed by atoms with Crippen LogP contribution in [-0.4, -0.2) is 16.3 Å². The lowest BCUT2D eigenvalue weighted by Crippen LogP contribution is -2.04. The van der Waals surface area contributed by atoms with Crippen LogP contribution in [0.1, 0.15) is 33.1 Å². The van der Waals surface area contributed by atoms with E-state index in [9.17, 15) is 10.2 Å². The Morgan fingerprint density at radius 2 is 2.00 bits per heavy atom. The van der Waals surface area contributed by atoms with Crippen LogP contribution in [0.2, 0.25) is 0 Å². The van der Waals surface area contributed by atoms with E-state index in [2.05, 4.69) is 15.9 Å². The summed E-state index contributed by atoms with van der Waals surface area (Å²) >= 11 is 3.21. The Morgan fingerprint density at radius 1 is 1.45 bits per heavy atom. The zero-order valence-corrected chi connectivity index (χ0v) is 8.56. The molecule has 0 bridgehead atoms. The molecule has 0 aromatic heterocycles. The van der Waals surface area contributed by atoms with Gasteiger partial charge in [0, 0.05) is 17.3 Å². The van der Waals surface area contributed by atoms with Crippen molar-refractivity contribution in [2.45, 2.75) is 39.2 Å². The van der Waals surface area contributed by atoms with Crippen LogP contribution in [0.4, 0.5) is 0 Å². The van der Waals surface area contributed by atoms with E-state index in [1.807, 2.05) is 13.8 Å². The maximum atomic E-state index is 9.20. The standard InChI is InChI=1S/C8H15BrO2/c1-3-6(10)5-7(9)8(11)4-2/h6,10-11H,3-5H2,1-2H3/b8-7-. The van der Waals surface area contributed by atoms with Crippen LogP contribution in [0.15, 0.2) is 10.2 Å². The zero-order valence-electron chi connectivity index (χ0n) is 6.97. The minimum atomic E-state index is -0.349. The molecule has 0 radical (unpaired) electrons. The normalized spacial score (nSPS) is 16.0. The predicted molar refractivity (Wildman–Crippen MR) is 49.8 cm³/mol. The molecule has 0 aromatic rings. The molecule has 0 heterocycles. The number of aliphatic hydroxyl groups is 2. The predicted octanol–water partition coefficient (Wildman–Crippen LogP) is 2.72. The van der Waals surface area contributed by atoms with Crippen LogP contribution in [0.5, 0.6) is 0 Å². The summed E-state index contributed by atoms with van der Waals surface area (Å²) in [7, 11) is 0. The molecule has 0 aromatic carbocycles. The molecule has 66 valence electrons. The van der Waals surface area contributed by atoms with Gasteiger partial charge in [-0.15, -0.1) is 0 Å². The second kappa shape index (κ2) is 5.61. The molecule has 0 amide bonds. The second-order valence-corrected chi connectivity index (χ2v) is 3.43. The summed E-state index contributed by atoms with van der Waals surface area (Å²) in [6.45, 7) is 3.78. The third-order valence-corrected chi connectivity index (χ3v) is 2.32. The van der Waals surface area contributed by atoms with Crippen LogP contribution in [0.3, 0.4) is 0 Å². The van der Waals surface area contributed by atoms with Gasteiger partial charge in [-0.25, -0.2) is 0 Å². The fourth-order valence-electron chi connectivity index (χ4n) is 0.661. The third-order valence-electron chi connectivity index (χ3n) is 1.53. The van der Waals surface area contributed by atoms with Gasteiger partial charge in [0.05, 0.1) is 6.10 Å². The van der Waals surface area contributed by atoms with Gasteiger partial charge in [-0.1, -0.05) is 29.8 Å². The summed E-state index contributed by atoms with van der Waals surface area (Å²) < 4.78 is 0.717. The fraction of sp³-hybridized carbons (Fsp3) is 0.750. The van der Waals surface area contributed by atoms with Crippen molar-refractivity contribution in [3.05, 3.63) is 10.2 Å². The number of rotatable bonds is 4. The van der Waals surface area contributed by atoms with Crippen LogP contribution in [-0.2, 0) is 0 Å². The molecule has 0 fully saturated rings. The van der Waals surface area contributed by atoms with Crippen molar-refractivity contribution in [2.75, 3.05) is 0 Å². The first-order valence-corrected chi connectivity index (χ1v) is 4.65. The van der Waals surface area contributed by atoms with Crippen LogP contribution in [0.25, 0.3) is 0 Å². The first kappa shape index (κ1) is 11.0. The maximum absolute atomic E-state index is 9.20. The van der Waals surface area contributed by atoms with Gasteiger partial charge >= 0.3 is 0 Å². The van der Waals surface area contributed by atoms with Crippen LogP contribution in [0, 0.1) is 0 Å². The van der Waals surface area contributed by atoms with Crippen LogP contribution >= 0.6 is 15.9 Å². The number of hydrogen-bond acceptors (Lipinski definition) is 2. The Morgan fingerprint density at radius 3 is 2.36 bits per heavy atom. The number of allylic oxidation sites excluding steroid dienone is 1. The Bertz CT molecular complexity index is 143. The number of aliphatic hydroxyl groups excluding tert-OH is 2. The SMILES string of the molecule is CC/C(O)=C(/Br)CC(O)CC. The average molecular weight is 223 g/mol. The minimum absolute atomic E-state index is 0.331. The highest BCUT2D eigenvalue weighted by Gasteiger charge is 2.06. The van der Waals surface area contributed by atoms with Crippen molar-refractivity contribution in [3.8, 4) is 0 Å². The maximum Gasteiger partial charge on any atom is 0.102 e. The minimum Gasteiger partial charge on any atom is -0.511 e. The molecular formula is C8H15BrO2. The smallest absolute Gasteiger partial charge is 0.102 e. The Hall–Kier alpha value is -0.0200.